The SMILES string of the molecule is C=C1CCCCc2c(cc(N)nc2Cl)-c2ncc3c(nc(CC[C@@]45CCCN4CC(F)C5)nc3c2F)N2CCCC(CCN1)C2. The number of piperidine rings is 1. The highest BCUT2D eigenvalue weighted by Gasteiger charge is 2.48. The second kappa shape index (κ2) is 12.6. The van der Waals surface area contributed by atoms with Crippen molar-refractivity contribution < 1.29 is 8.78 Å². The first-order valence-corrected chi connectivity index (χ1v) is 17.0. The van der Waals surface area contributed by atoms with Crippen molar-refractivity contribution in [1.29, 1.82) is 0 Å². The van der Waals surface area contributed by atoms with E-state index in [1.165, 1.54) is 0 Å². The van der Waals surface area contributed by atoms with Gasteiger partial charge in [0, 0.05) is 55.6 Å². The number of pyridine rings is 2. The van der Waals surface area contributed by atoms with Crippen LogP contribution >= 0.6 is 11.6 Å². The number of anilines is 2. The summed E-state index contributed by atoms with van der Waals surface area (Å²) in [6.45, 7) is 8.24. The Bertz CT molecular complexity index is 1600. The van der Waals surface area contributed by atoms with Gasteiger partial charge in [0.15, 0.2) is 5.82 Å². The van der Waals surface area contributed by atoms with E-state index in [4.69, 9.17) is 27.3 Å². The summed E-state index contributed by atoms with van der Waals surface area (Å²) in [7, 11) is 0. The van der Waals surface area contributed by atoms with Crippen molar-refractivity contribution in [1.82, 2.24) is 30.2 Å². The van der Waals surface area contributed by atoms with Crippen LogP contribution in [0, 0.1) is 11.7 Å². The van der Waals surface area contributed by atoms with Gasteiger partial charge in [-0.25, -0.2) is 23.7 Å². The number of hydrogen-bond acceptors (Lipinski definition) is 8. The number of alkyl halides is 1. The fraction of sp³-hybridized carbons (Fsp3) is 0.588. The summed E-state index contributed by atoms with van der Waals surface area (Å²) in [5.74, 6) is 1.53. The number of aryl methyl sites for hydroxylation is 1. The zero-order valence-electron chi connectivity index (χ0n) is 25.9. The van der Waals surface area contributed by atoms with Gasteiger partial charge < -0.3 is 16.0 Å². The smallest absolute Gasteiger partial charge is 0.175 e. The number of aromatic nitrogens is 4. The Morgan fingerprint density at radius 3 is 2.84 bits per heavy atom. The van der Waals surface area contributed by atoms with Crippen LogP contribution in [0.5, 0.6) is 0 Å². The number of nitrogens with two attached hydrogens (primary N) is 1. The van der Waals surface area contributed by atoms with Crippen molar-refractivity contribution in [2.75, 3.05) is 43.4 Å². The van der Waals surface area contributed by atoms with Crippen molar-refractivity contribution in [3.8, 4) is 11.3 Å². The predicted molar refractivity (Wildman–Crippen MR) is 176 cm³/mol. The molecule has 0 radical (unpaired) electrons. The average Bonchev–Trinajstić information content (AvgIpc) is 3.54. The molecule has 3 atom stereocenters. The highest BCUT2D eigenvalue weighted by atomic mass is 35.5. The number of nitrogens with zero attached hydrogens (tertiary/aromatic N) is 6. The second-order valence-corrected chi connectivity index (χ2v) is 13.9. The molecule has 0 aliphatic carbocycles. The molecule has 8 rings (SSSR count). The molecule has 6 bridgehead atoms. The lowest BCUT2D eigenvalue weighted by Gasteiger charge is -2.35. The minimum Gasteiger partial charge on any atom is -0.389 e. The van der Waals surface area contributed by atoms with Gasteiger partial charge in [-0.05, 0) is 94.7 Å². The number of fused-ring (bicyclic) bond motifs is 9. The third-order valence-corrected chi connectivity index (χ3v) is 10.8. The van der Waals surface area contributed by atoms with Gasteiger partial charge in [-0.1, -0.05) is 18.2 Å². The van der Waals surface area contributed by atoms with Crippen molar-refractivity contribution in [3.63, 3.8) is 0 Å². The minimum absolute atomic E-state index is 0.154. The highest BCUT2D eigenvalue weighted by Crippen LogP contribution is 2.43. The van der Waals surface area contributed by atoms with Crippen LogP contribution in [-0.2, 0) is 12.8 Å². The molecule has 11 heteroatoms. The van der Waals surface area contributed by atoms with Crippen LogP contribution in [0.15, 0.2) is 24.5 Å². The lowest BCUT2D eigenvalue weighted by atomic mass is 9.88. The summed E-state index contributed by atoms with van der Waals surface area (Å²) in [6, 6.07) is 1.66. The topological polar surface area (TPSA) is 96.1 Å². The zero-order chi connectivity index (χ0) is 31.1. The van der Waals surface area contributed by atoms with E-state index in [-0.39, 0.29) is 27.7 Å². The molecule has 3 N–H and O–H groups in total. The first-order valence-electron chi connectivity index (χ1n) is 16.7. The molecule has 3 aromatic rings. The Labute approximate surface area is 268 Å². The Balaban J connectivity index is 1.33. The van der Waals surface area contributed by atoms with E-state index in [2.05, 4.69) is 31.7 Å². The summed E-state index contributed by atoms with van der Waals surface area (Å²) in [6.07, 6.45) is 11.3. The van der Waals surface area contributed by atoms with Crippen molar-refractivity contribution in [2.45, 2.75) is 88.8 Å². The van der Waals surface area contributed by atoms with E-state index < -0.39 is 12.0 Å². The molecule has 8 heterocycles. The highest BCUT2D eigenvalue weighted by molar-refractivity contribution is 6.30. The Morgan fingerprint density at radius 1 is 1.09 bits per heavy atom. The molecule has 0 spiro atoms. The van der Waals surface area contributed by atoms with Gasteiger partial charge in [-0.2, -0.15) is 0 Å². The number of hydrogen-bond donors (Lipinski definition) is 2. The molecule has 3 fully saturated rings. The van der Waals surface area contributed by atoms with Crippen molar-refractivity contribution in [2.24, 2.45) is 5.92 Å². The normalized spacial score (nSPS) is 26.1. The molecule has 8 nitrogen and oxygen atoms in total. The van der Waals surface area contributed by atoms with Gasteiger partial charge in [-0.3, -0.25) is 9.88 Å². The lowest BCUT2D eigenvalue weighted by molar-refractivity contribution is 0.181. The van der Waals surface area contributed by atoms with Crippen molar-refractivity contribution in [3.05, 3.63) is 46.9 Å². The zero-order valence-corrected chi connectivity index (χ0v) is 26.7. The molecule has 3 saturated heterocycles. The van der Waals surface area contributed by atoms with Crippen LogP contribution in [0.1, 0.15) is 75.6 Å². The molecule has 0 amide bonds. The van der Waals surface area contributed by atoms with Crippen LogP contribution < -0.4 is 16.0 Å². The van der Waals surface area contributed by atoms with Gasteiger partial charge in [0.1, 0.15) is 40.0 Å². The summed E-state index contributed by atoms with van der Waals surface area (Å²) in [5, 5.41) is 4.41. The van der Waals surface area contributed by atoms with Crippen LogP contribution in [0.25, 0.3) is 22.2 Å². The van der Waals surface area contributed by atoms with Crippen LogP contribution in [-0.4, -0.2) is 69.3 Å². The molecular weight excluding hydrogens is 594 g/mol. The van der Waals surface area contributed by atoms with Crippen molar-refractivity contribution >= 4 is 34.1 Å². The largest absolute Gasteiger partial charge is 0.389 e. The lowest BCUT2D eigenvalue weighted by Crippen LogP contribution is -2.39. The van der Waals surface area contributed by atoms with E-state index >= 15 is 4.39 Å². The predicted octanol–water partition coefficient (Wildman–Crippen LogP) is 6.41. The van der Waals surface area contributed by atoms with Gasteiger partial charge >= 0.3 is 0 Å². The molecule has 5 aliphatic rings. The molecule has 240 valence electrons. The van der Waals surface area contributed by atoms with Crippen LogP contribution in [0.4, 0.5) is 20.4 Å². The number of nitrogen functional groups attached to an aromatic ring is 1. The van der Waals surface area contributed by atoms with Gasteiger partial charge in [0.2, 0.25) is 0 Å². The summed E-state index contributed by atoms with van der Waals surface area (Å²) in [4.78, 5) is 23.5. The fourth-order valence-corrected chi connectivity index (χ4v) is 8.56. The van der Waals surface area contributed by atoms with Crippen LogP contribution in [0.3, 0.4) is 0 Å². The van der Waals surface area contributed by atoms with E-state index in [1.807, 2.05) is 0 Å². The average molecular weight is 637 g/mol. The molecule has 45 heavy (non-hydrogen) atoms. The summed E-state index contributed by atoms with van der Waals surface area (Å²) < 4.78 is 31.4. The van der Waals surface area contributed by atoms with Gasteiger partial charge in [-0.15, -0.1) is 0 Å². The van der Waals surface area contributed by atoms with Crippen LogP contribution in [0.2, 0.25) is 5.15 Å². The van der Waals surface area contributed by atoms with E-state index in [0.29, 0.717) is 48.5 Å². The number of allylic oxidation sites excluding steroid dienone is 1. The molecule has 0 aromatic carbocycles. The molecule has 3 aromatic heterocycles. The van der Waals surface area contributed by atoms with Gasteiger partial charge in [0.25, 0.3) is 0 Å². The van der Waals surface area contributed by atoms with E-state index in [1.54, 1.807) is 12.3 Å². The first-order chi connectivity index (χ1) is 21.8. The number of nitrogens with one attached hydrogen (secondary N) is 1. The molecular formula is C34H43ClF2N8. The quantitative estimate of drug-likeness (QED) is 0.319. The Kier molecular flexibility index (Phi) is 8.54. The molecule has 5 aliphatic heterocycles. The monoisotopic (exact) mass is 636 g/mol. The number of rotatable bonds is 3. The standard InChI is InChI=1S/C34H43ClF2N8/c1-21-6-2-3-8-24-25(16-27(38)41-32(24)35)30-29(37)31-26(18-40-30)33(44-14-4-7-22(19-44)10-13-39-21)43-28(42-31)9-12-34-11-5-15-45(34)20-23(36)17-34/h16,18,22-23,39H,1-15,17,19-20H2,(H2,38,41)/t22?,23?,34-/m1/s1. The summed E-state index contributed by atoms with van der Waals surface area (Å²) in [5.41, 5.74) is 8.72. The van der Waals surface area contributed by atoms with E-state index in [9.17, 15) is 4.39 Å². The third kappa shape index (κ3) is 6.08. The van der Waals surface area contributed by atoms with Gasteiger partial charge in [0.05, 0.1) is 5.39 Å². The molecule has 0 saturated carbocycles. The van der Waals surface area contributed by atoms with E-state index in [0.717, 1.165) is 101 Å². The molecule has 2 unspecified atom stereocenters. The number of halogens is 3. The maximum atomic E-state index is 16.8. The minimum atomic E-state index is -0.796. The summed E-state index contributed by atoms with van der Waals surface area (Å²) >= 11 is 6.63. The second-order valence-electron chi connectivity index (χ2n) is 13.6. The Hall–Kier alpha value is -3.11. The Morgan fingerprint density at radius 2 is 1.96 bits per heavy atom. The third-order valence-electron chi connectivity index (χ3n) is 10.5. The first kappa shape index (κ1) is 30.5. The maximum Gasteiger partial charge on any atom is 0.175 e. The maximum absolute atomic E-state index is 16.8. The fourth-order valence-electron chi connectivity index (χ4n) is 8.27.